The predicted molar refractivity (Wildman–Crippen MR) is 97.0 cm³/mol. The lowest BCUT2D eigenvalue weighted by Crippen LogP contribution is -2.37. The number of amides is 1. The number of hydrogen-bond acceptors (Lipinski definition) is 4. The molecule has 1 N–H and O–H groups in total. The van der Waals surface area contributed by atoms with E-state index in [1.165, 1.54) is 5.39 Å². The molecule has 6 nitrogen and oxygen atoms in total. The molecule has 0 aliphatic heterocycles. The van der Waals surface area contributed by atoms with Crippen molar-refractivity contribution in [1.82, 2.24) is 20.0 Å². The second-order valence-corrected chi connectivity index (χ2v) is 7.51. The van der Waals surface area contributed by atoms with E-state index in [0.29, 0.717) is 17.7 Å². The van der Waals surface area contributed by atoms with E-state index < -0.39 is 0 Å². The number of aromatic nitrogens is 3. The van der Waals surface area contributed by atoms with Gasteiger partial charge in [-0.1, -0.05) is 5.16 Å². The Kier molecular flexibility index (Phi) is 3.76. The van der Waals surface area contributed by atoms with E-state index in [0.717, 1.165) is 49.9 Å². The summed E-state index contributed by atoms with van der Waals surface area (Å²) >= 11 is 0. The Morgan fingerprint density at radius 2 is 2.00 bits per heavy atom. The van der Waals surface area contributed by atoms with Crippen LogP contribution in [-0.2, 0) is 0 Å². The number of rotatable bonds is 4. The minimum Gasteiger partial charge on any atom is -0.351 e. The Morgan fingerprint density at radius 1 is 1.15 bits per heavy atom. The summed E-state index contributed by atoms with van der Waals surface area (Å²) in [5.41, 5.74) is 1.97. The van der Waals surface area contributed by atoms with E-state index in [4.69, 9.17) is 4.52 Å². The molecule has 2 aliphatic rings. The molecule has 6 heteroatoms. The molecule has 0 spiro atoms. The van der Waals surface area contributed by atoms with Crippen LogP contribution in [0.1, 0.15) is 66.7 Å². The average molecular weight is 350 g/mol. The van der Waals surface area contributed by atoms with Crippen LogP contribution in [0.5, 0.6) is 0 Å². The molecule has 134 valence electrons. The van der Waals surface area contributed by atoms with Crippen LogP contribution >= 0.6 is 0 Å². The second kappa shape index (κ2) is 6.27. The molecule has 0 atom stereocenters. The van der Waals surface area contributed by atoms with Gasteiger partial charge in [-0.3, -0.25) is 4.79 Å². The minimum atomic E-state index is -0.138. The van der Waals surface area contributed by atoms with E-state index in [9.17, 15) is 4.79 Å². The Bertz CT molecular complexity index is 932. The molecule has 2 fully saturated rings. The van der Waals surface area contributed by atoms with Crippen molar-refractivity contribution in [3.8, 4) is 0 Å². The maximum atomic E-state index is 12.4. The zero-order valence-electron chi connectivity index (χ0n) is 14.6. The zero-order chi connectivity index (χ0) is 17.5. The average Bonchev–Trinajstić information content (AvgIpc) is 3.24. The van der Waals surface area contributed by atoms with E-state index in [-0.39, 0.29) is 11.9 Å². The number of fused-ring (bicyclic) bond motifs is 1. The molecular formula is C20H22N4O2. The smallest absolute Gasteiger partial charge is 0.290 e. The van der Waals surface area contributed by atoms with Crippen molar-refractivity contribution in [2.45, 2.75) is 56.5 Å². The van der Waals surface area contributed by atoms with Gasteiger partial charge in [0.2, 0.25) is 5.76 Å². The highest BCUT2D eigenvalue weighted by Gasteiger charge is 2.29. The van der Waals surface area contributed by atoms with E-state index in [1.807, 2.05) is 12.3 Å². The molecule has 0 radical (unpaired) electrons. The lowest BCUT2D eigenvalue weighted by atomic mass is 9.91. The topological polar surface area (TPSA) is 73.0 Å². The highest BCUT2D eigenvalue weighted by atomic mass is 16.5. The number of pyridine rings is 1. The van der Waals surface area contributed by atoms with Gasteiger partial charge in [0.1, 0.15) is 5.65 Å². The molecule has 3 heterocycles. The molecule has 0 saturated heterocycles. The molecule has 3 aromatic rings. The molecular weight excluding hydrogens is 328 g/mol. The van der Waals surface area contributed by atoms with Gasteiger partial charge >= 0.3 is 0 Å². The maximum Gasteiger partial charge on any atom is 0.290 e. The van der Waals surface area contributed by atoms with Crippen molar-refractivity contribution < 1.29 is 9.32 Å². The minimum absolute atomic E-state index is 0.138. The van der Waals surface area contributed by atoms with Gasteiger partial charge in [0, 0.05) is 41.8 Å². The van der Waals surface area contributed by atoms with E-state index in [1.54, 1.807) is 6.07 Å². The standard InChI is InChI=1S/C20H22N4O2/c25-20(18-12-17(23-26-18)13-3-4-13)22-15-5-7-16(8-6-15)24-11-9-14-2-1-10-21-19(14)24/h1-2,9-13,15-16H,3-8H2,(H,22,25). The third kappa shape index (κ3) is 2.89. The summed E-state index contributed by atoms with van der Waals surface area (Å²) in [7, 11) is 0. The number of nitrogens with one attached hydrogen (secondary N) is 1. The van der Waals surface area contributed by atoms with Gasteiger partial charge in [-0.2, -0.15) is 0 Å². The SMILES string of the molecule is O=C(NC1CCC(n2ccc3cccnc32)CC1)c1cc(C2CC2)no1. The molecule has 2 saturated carbocycles. The molecule has 0 aromatic carbocycles. The van der Waals surface area contributed by atoms with E-state index >= 15 is 0 Å². The van der Waals surface area contributed by atoms with Crippen molar-refractivity contribution in [2.75, 3.05) is 0 Å². The summed E-state index contributed by atoms with van der Waals surface area (Å²) in [5.74, 6) is 0.705. The fourth-order valence-corrected chi connectivity index (χ4v) is 4.00. The maximum absolute atomic E-state index is 12.4. The second-order valence-electron chi connectivity index (χ2n) is 7.51. The van der Waals surface area contributed by atoms with Gasteiger partial charge < -0.3 is 14.4 Å². The highest BCUT2D eigenvalue weighted by molar-refractivity contribution is 5.91. The van der Waals surface area contributed by atoms with Gasteiger partial charge in [-0.25, -0.2) is 4.98 Å². The van der Waals surface area contributed by atoms with Crippen LogP contribution < -0.4 is 5.32 Å². The number of nitrogens with zero attached hydrogens (tertiary/aromatic N) is 3. The van der Waals surface area contributed by atoms with Crippen LogP contribution in [0.25, 0.3) is 11.0 Å². The van der Waals surface area contributed by atoms with E-state index in [2.05, 4.69) is 38.4 Å². The van der Waals surface area contributed by atoms with Gasteiger partial charge in [-0.05, 0) is 56.7 Å². The normalized spacial score (nSPS) is 23.2. The van der Waals surface area contributed by atoms with Crippen molar-refractivity contribution in [3.63, 3.8) is 0 Å². The molecule has 1 amide bonds. The van der Waals surface area contributed by atoms with Gasteiger partial charge in [-0.15, -0.1) is 0 Å². The predicted octanol–water partition coefficient (Wildman–Crippen LogP) is 3.82. The first-order valence-electron chi connectivity index (χ1n) is 9.47. The summed E-state index contributed by atoms with van der Waals surface area (Å²) < 4.78 is 7.51. The van der Waals surface area contributed by atoms with Gasteiger partial charge in [0.05, 0.1) is 5.69 Å². The van der Waals surface area contributed by atoms with Crippen LogP contribution in [0.3, 0.4) is 0 Å². The lowest BCUT2D eigenvalue weighted by molar-refractivity contribution is 0.0885. The Hall–Kier alpha value is -2.63. The first-order chi connectivity index (χ1) is 12.8. The van der Waals surface area contributed by atoms with Gasteiger partial charge in [0.15, 0.2) is 0 Å². The molecule has 3 aromatic heterocycles. The van der Waals surface area contributed by atoms with Crippen LogP contribution in [0.4, 0.5) is 0 Å². The first kappa shape index (κ1) is 15.6. The van der Waals surface area contributed by atoms with Crippen molar-refractivity contribution in [1.29, 1.82) is 0 Å². The summed E-state index contributed by atoms with van der Waals surface area (Å²) in [6.07, 6.45) is 10.3. The van der Waals surface area contributed by atoms with Gasteiger partial charge in [0.25, 0.3) is 5.91 Å². The summed E-state index contributed by atoms with van der Waals surface area (Å²) in [6, 6.07) is 8.63. The van der Waals surface area contributed by atoms with Crippen molar-refractivity contribution >= 4 is 16.9 Å². The summed E-state index contributed by atoms with van der Waals surface area (Å²) in [5, 5.41) is 8.31. The largest absolute Gasteiger partial charge is 0.351 e. The number of carbonyl (C=O) groups is 1. The van der Waals surface area contributed by atoms with Crippen LogP contribution in [-0.4, -0.2) is 26.7 Å². The van der Waals surface area contributed by atoms with Crippen LogP contribution in [0.15, 0.2) is 41.2 Å². The molecule has 0 bridgehead atoms. The Balaban J connectivity index is 1.20. The summed E-state index contributed by atoms with van der Waals surface area (Å²) in [4.78, 5) is 16.9. The molecule has 2 aliphatic carbocycles. The Morgan fingerprint density at radius 3 is 2.81 bits per heavy atom. The lowest BCUT2D eigenvalue weighted by Gasteiger charge is -2.30. The molecule has 5 rings (SSSR count). The molecule has 0 unspecified atom stereocenters. The molecule has 26 heavy (non-hydrogen) atoms. The fourth-order valence-electron chi connectivity index (χ4n) is 4.00. The first-order valence-corrected chi connectivity index (χ1v) is 9.47. The Labute approximate surface area is 151 Å². The van der Waals surface area contributed by atoms with Crippen molar-refractivity contribution in [2.24, 2.45) is 0 Å². The highest BCUT2D eigenvalue weighted by Crippen LogP contribution is 2.39. The fraction of sp³-hybridized carbons (Fsp3) is 0.450. The monoisotopic (exact) mass is 350 g/mol. The summed E-state index contributed by atoms with van der Waals surface area (Å²) in [6.45, 7) is 0. The number of carbonyl (C=O) groups excluding carboxylic acids is 1. The number of hydrogen-bond donors (Lipinski definition) is 1. The third-order valence-corrected chi connectivity index (χ3v) is 5.65. The van der Waals surface area contributed by atoms with Crippen LogP contribution in [0, 0.1) is 0 Å². The van der Waals surface area contributed by atoms with Crippen LogP contribution in [0.2, 0.25) is 0 Å². The third-order valence-electron chi connectivity index (χ3n) is 5.65. The quantitative estimate of drug-likeness (QED) is 0.776. The van der Waals surface area contributed by atoms with Crippen molar-refractivity contribution in [3.05, 3.63) is 48.1 Å². The zero-order valence-corrected chi connectivity index (χ0v) is 14.6.